The van der Waals surface area contributed by atoms with E-state index in [0.29, 0.717) is 12.1 Å². The van der Waals surface area contributed by atoms with Crippen LogP contribution in [0, 0.1) is 11.6 Å². The number of nitrogens with two attached hydrogens (primary N) is 1. The van der Waals surface area contributed by atoms with Crippen molar-refractivity contribution >= 4 is 23.2 Å². The molecule has 0 aliphatic carbocycles. The molecule has 3 aromatic rings. The Morgan fingerprint density at radius 1 is 1.00 bits per heavy atom. The fourth-order valence-corrected chi connectivity index (χ4v) is 3.87. The monoisotopic (exact) mass is 497 g/mol. The van der Waals surface area contributed by atoms with Gasteiger partial charge in [-0.3, -0.25) is 9.59 Å². The second kappa shape index (κ2) is 8.60. The molecule has 0 saturated heterocycles. The van der Waals surface area contributed by atoms with Crippen molar-refractivity contribution < 1.29 is 40.3 Å². The van der Waals surface area contributed by atoms with E-state index >= 15 is 0 Å². The third-order valence-electron chi connectivity index (χ3n) is 5.34. The van der Waals surface area contributed by atoms with Gasteiger partial charge in [0.15, 0.2) is 0 Å². The highest BCUT2D eigenvalue weighted by Gasteiger charge is 2.36. The van der Waals surface area contributed by atoms with Crippen molar-refractivity contribution in [2.45, 2.75) is 18.6 Å². The van der Waals surface area contributed by atoms with Crippen LogP contribution in [0.2, 0.25) is 0 Å². The number of nitrogen functional groups attached to an aromatic ring is 1. The van der Waals surface area contributed by atoms with Crippen molar-refractivity contribution in [3.05, 3.63) is 93.5 Å². The molecular weight excluding hydrogens is 483 g/mol. The second-order valence-electron chi connectivity index (χ2n) is 7.69. The molecule has 35 heavy (non-hydrogen) atoms. The van der Waals surface area contributed by atoms with Crippen LogP contribution in [0.5, 0.6) is 0 Å². The fraction of sp³-hybridized carbons (Fsp3) is 0.130. The summed E-state index contributed by atoms with van der Waals surface area (Å²) in [5, 5.41) is 4.68. The fourth-order valence-electron chi connectivity index (χ4n) is 3.87. The van der Waals surface area contributed by atoms with Crippen LogP contribution in [0.25, 0.3) is 0 Å². The first kappa shape index (κ1) is 24.0. The van der Waals surface area contributed by atoms with Crippen molar-refractivity contribution in [1.82, 2.24) is 5.32 Å². The number of halogens is 7. The molecule has 0 aromatic heterocycles. The molecule has 4 rings (SSSR count). The minimum Gasteiger partial charge on any atom is -0.399 e. The molecule has 1 aliphatic rings. The summed E-state index contributed by atoms with van der Waals surface area (Å²) >= 11 is 0. The number of hydrogen-bond donors (Lipinski definition) is 3. The van der Waals surface area contributed by atoms with Crippen LogP contribution >= 0.6 is 0 Å². The largest absolute Gasteiger partial charge is 0.416 e. The van der Waals surface area contributed by atoms with Gasteiger partial charge < -0.3 is 16.4 Å². The van der Waals surface area contributed by atoms with Crippen molar-refractivity contribution in [2.75, 3.05) is 11.1 Å². The van der Waals surface area contributed by atoms with E-state index in [1.54, 1.807) is 0 Å². The van der Waals surface area contributed by atoms with E-state index in [-0.39, 0.29) is 34.1 Å². The third kappa shape index (κ3) is 4.63. The summed E-state index contributed by atoms with van der Waals surface area (Å²) in [6.45, 7) is 0. The van der Waals surface area contributed by atoms with E-state index in [9.17, 15) is 40.3 Å². The van der Waals surface area contributed by atoms with Gasteiger partial charge in [-0.25, -0.2) is 17.6 Å². The number of rotatable bonds is 4. The Bertz CT molecular complexity index is 1360. The molecule has 0 bridgehead atoms. The van der Waals surface area contributed by atoms with Gasteiger partial charge >= 0.3 is 6.18 Å². The number of alkyl halides is 5. The molecule has 3 aromatic carbocycles. The number of benzene rings is 3. The van der Waals surface area contributed by atoms with E-state index in [1.807, 2.05) is 0 Å². The average Bonchev–Trinajstić information content (AvgIpc) is 3.08. The van der Waals surface area contributed by atoms with Gasteiger partial charge in [0.05, 0.1) is 11.6 Å². The first-order chi connectivity index (χ1) is 16.3. The maximum atomic E-state index is 13.9. The van der Waals surface area contributed by atoms with Crippen molar-refractivity contribution in [3.63, 3.8) is 0 Å². The average molecular weight is 497 g/mol. The summed E-state index contributed by atoms with van der Waals surface area (Å²) in [6, 6.07) is 4.67. The van der Waals surface area contributed by atoms with Gasteiger partial charge in [0.2, 0.25) is 0 Å². The number of hydrogen-bond acceptors (Lipinski definition) is 3. The van der Waals surface area contributed by atoms with Gasteiger partial charge in [0.25, 0.3) is 18.2 Å². The molecule has 2 amide bonds. The third-order valence-corrected chi connectivity index (χ3v) is 5.34. The van der Waals surface area contributed by atoms with Crippen LogP contribution in [0.1, 0.15) is 55.4 Å². The first-order valence-corrected chi connectivity index (χ1v) is 9.86. The Morgan fingerprint density at radius 3 is 2.37 bits per heavy atom. The van der Waals surface area contributed by atoms with Crippen LogP contribution in [0.15, 0.2) is 48.5 Å². The minimum absolute atomic E-state index is 0.0431. The summed E-state index contributed by atoms with van der Waals surface area (Å²) in [5.74, 6) is -4.14. The first-order valence-electron chi connectivity index (χ1n) is 9.86. The van der Waals surface area contributed by atoms with E-state index in [1.165, 1.54) is 6.07 Å². The number of anilines is 2. The number of nitrogens with one attached hydrogen (secondary N) is 2. The smallest absolute Gasteiger partial charge is 0.399 e. The Labute approximate surface area is 192 Å². The van der Waals surface area contributed by atoms with Gasteiger partial charge in [-0.05, 0) is 48.0 Å². The summed E-state index contributed by atoms with van der Waals surface area (Å²) in [6.07, 6.45) is -7.97. The lowest BCUT2D eigenvalue weighted by Gasteiger charge is -2.20. The van der Waals surface area contributed by atoms with Gasteiger partial charge in [0.1, 0.15) is 11.6 Å². The molecule has 0 saturated carbocycles. The lowest BCUT2D eigenvalue weighted by Crippen LogP contribution is -2.22. The minimum atomic E-state index is -4.93. The summed E-state index contributed by atoms with van der Waals surface area (Å²) in [4.78, 5) is 25.3. The number of amides is 2. The van der Waals surface area contributed by atoms with Gasteiger partial charge in [0, 0.05) is 33.6 Å². The molecule has 1 atom stereocenters. The molecule has 0 fully saturated rings. The van der Waals surface area contributed by atoms with E-state index in [0.717, 1.165) is 24.3 Å². The Balaban J connectivity index is 1.81. The van der Waals surface area contributed by atoms with Crippen LogP contribution in [-0.2, 0) is 6.18 Å². The number of fused-ring (bicyclic) bond motifs is 1. The molecule has 5 nitrogen and oxygen atoms in total. The Morgan fingerprint density at radius 2 is 1.71 bits per heavy atom. The lowest BCUT2D eigenvalue weighted by molar-refractivity contribution is -0.137. The van der Waals surface area contributed by atoms with Gasteiger partial charge in [-0.15, -0.1) is 0 Å². The molecule has 1 aliphatic heterocycles. The standard InChI is InChI=1S/C23H14F7N3O2/c24-11-1-2-14(20(26)27)15(6-11)19-18-16(22(35)33-19)7-13(31)8-17(18)32-21(34)9-3-10(23(28,29)30)5-12(25)4-9/h1-8,19-20H,31H2,(H,32,34)(H,33,35). The molecule has 0 radical (unpaired) electrons. The van der Waals surface area contributed by atoms with Crippen molar-refractivity contribution in [3.8, 4) is 0 Å². The highest BCUT2D eigenvalue weighted by atomic mass is 19.4. The van der Waals surface area contributed by atoms with Crippen LogP contribution in [0.4, 0.5) is 42.1 Å². The summed E-state index contributed by atoms with van der Waals surface area (Å²) < 4.78 is 94.0. The highest BCUT2D eigenvalue weighted by Crippen LogP contribution is 2.41. The quantitative estimate of drug-likeness (QED) is 0.325. The molecule has 12 heteroatoms. The van der Waals surface area contributed by atoms with Crippen molar-refractivity contribution in [1.29, 1.82) is 0 Å². The Kier molecular flexibility index (Phi) is 5.91. The number of carbonyl (C=O) groups is 2. The second-order valence-corrected chi connectivity index (χ2v) is 7.69. The predicted octanol–water partition coefficient (Wildman–Crippen LogP) is 5.59. The zero-order valence-electron chi connectivity index (χ0n) is 17.3. The van der Waals surface area contributed by atoms with Gasteiger partial charge in [-0.2, -0.15) is 13.2 Å². The van der Waals surface area contributed by atoms with Crippen LogP contribution in [0.3, 0.4) is 0 Å². The predicted molar refractivity (Wildman–Crippen MR) is 111 cm³/mol. The maximum Gasteiger partial charge on any atom is 0.416 e. The molecule has 4 N–H and O–H groups in total. The zero-order chi connectivity index (χ0) is 25.7. The molecular formula is C23H14F7N3O2. The van der Waals surface area contributed by atoms with Crippen LogP contribution in [-0.4, -0.2) is 11.8 Å². The van der Waals surface area contributed by atoms with Crippen molar-refractivity contribution in [2.24, 2.45) is 0 Å². The Hall–Kier alpha value is -4.09. The van der Waals surface area contributed by atoms with E-state index in [2.05, 4.69) is 10.6 Å². The molecule has 1 unspecified atom stereocenters. The van der Waals surface area contributed by atoms with E-state index in [4.69, 9.17) is 5.73 Å². The SMILES string of the molecule is Nc1cc(NC(=O)c2cc(F)cc(C(F)(F)F)c2)c2c(c1)C(=O)NC2c1cc(F)ccc1C(F)F. The normalized spacial score (nSPS) is 15.2. The molecule has 1 heterocycles. The van der Waals surface area contributed by atoms with E-state index < -0.39 is 58.8 Å². The topological polar surface area (TPSA) is 84.2 Å². The highest BCUT2D eigenvalue weighted by molar-refractivity contribution is 6.08. The number of carbonyl (C=O) groups excluding carboxylic acids is 2. The molecule has 182 valence electrons. The lowest BCUT2D eigenvalue weighted by atomic mass is 9.92. The summed E-state index contributed by atoms with van der Waals surface area (Å²) in [5.41, 5.74) is 2.37. The van der Waals surface area contributed by atoms with Gasteiger partial charge in [-0.1, -0.05) is 6.07 Å². The summed E-state index contributed by atoms with van der Waals surface area (Å²) in [7, 11) is 0. The zero-order valence-corrected chi connectivity index (χ0v) is 17.3. The maximum absolute atomic E-state index is 13.9. The molecule has 0 spiro atoms. The van der Waals surface area contributed by atoms with Crippen LogP contribution < -0.4 is 16.4 Å².